The van der Waals surface area contributed by atoms with E-state index in [-0.39, 0.29) is 5.70 Å². The Morgan fingerprint density at radius 3 is 2.52 bits per heavy atom. The molecule has 2 aromatic carbocycles. The molecule has 0 bridgehead atoms. The molecule has 0 spiro atoms. The van der Waals surface area contributed by atoms with Crippen LogP contribution in [0.4, 0.5) is 0 Å². The van der Waals surface area contributed by atoms with Gasteiger partial charge in [0.15, 0.2) is 5.70 Å². The van der Waals surface area contributed by atoms with Crippen molar-refractivity contribution in [2.75, 3.05) is 0 Å². The predicted molar refractivity (Wildman–Crippen MR) is 91.2 cm³/mol. The minimum atomic E-state index is -0.469. The maximum atomic E-state index is 11.9. The van der Waals surface area contributed by atoms with Gasteiger partial charge in [-0.05, 0) is 64.6 Å². The van der Waals surface area contributed by atoms with E-state index in [2.05, 4.69) is 27.6 Å². The molecule has 0 atom stereocenters. The van der Waals surface area contributed by atoms with Gasteiger partial charge in [-0.15, -0.1) is 0 Å². The minimum absolute atomic E-state index is 0.247. The number of carbonyl (C=O) groups excluding carboxylic acids is 1. The van der Waals surface area contributed by atoms with Crippen LogP contribution in [0.25, 0.3) is 6.08 Å². The van der Waals surface area contributed by atoms with E-state index in [9.17, 15) is 4.79 Å². The third kappa shape index (κ3) is 3.16. The monoisotopic (exact) mass is 409 g/mol. The van der Waals surface area contributed by atoms with Crippen molar-refractivity contribution in [3.05, 3.63) is 73.9 Å². The molecule has 3 nitrogen and oxygen atoms in total. The van der Waals surface area contributed by atoms with E-state index in [4.69, 9.17) is 16.3 Å². The molecular weight excluding hydrogens is 401 g/mol. The second-order valence-corrected chi connectivity index (χ2v) is 6.02. The van der Waals surface area contributed by atoms with E-state index in [1.165, 1.54) is 0 Å². The van der Waals surface area contributed by atoms with Crippen LogP contribution >= 0.6 is 34.2 Å². The van der Waals surface area contributed by atoms with E-state index in [0.29, 0.717) is 10.9 Å². The largest absolute Gasteiger partial charge is 0.402 e. The van der Waals surface area contributed by atoms with Crippen LogP contribution in [0.5, 0.6) is 0 Å². The summed E-state index contributed by atoms with van der Waals surface area (Å²) in [5.41, 5.74) is 1.75. The second-order valence-electron chi connectivity index (χ2n) is 4.36. The summed E-state index contributed by atoms with van der Waals surface area (Å²) in [6.45, 7) is 0. The molecule has 0 N–H and O–H groups in total. The normalized spacial score (nSPS) is 16.0. The first-order valence-corrected chi connectivity index (χ1v) is 7.62. The molecule has 5 heteroatoms. The van der Waals surface area contributed by atoms with Gasteiger partial charge in [-0.3, -0.25) is 0 Å². The van der Waals surface area contributed by atoms with E-state index < -0.39 is 5.97 Å². The van der Waals surface area contributed by atoms with Crippen molar-refractivity contribution >= 4 is 52.1 Å². The number of nitrogens with zero attached hydrogens (tertiary/aromatic N) is 1. The smallest absolute Gasteiger partial charge is 0.363 e. The number of esters is 1. The van der Waals surface area contributed by atoms with Gasteiger partial charge in [0, 0.05) is 14.2 Å². The third-order valence-corrected chi connectivity index (χ3v) is 3.97. The lowest BCUT2D eigenvalue weighted by Gasteiger charge is -1.98. The minimum Gasteiger partial charge on any atom is -0.402 e. The summed E-state index contributed by atoms with van der Waals surface area (Å²) >= 11 is 8.29. The molecule has 1 heterocycles. The number of rotatable bonds is 2. The van der Waals surface area contributed by atoms with Crippen LogP contribution in [0.3, 0.4) is 0 Å². The summed E-state index contributed by atoms with van der Waals surface area (Å²) in [7, 11) is 0. The number of carbonyl (C=O) groups is 1. The number of aliphatic imine (C=N–C) groups is 1. The fraction of sp³-hybridized carbons (Fsp3) is 0. The average Bonchev–Trinajstić information content (AvgIpc) is 2.83. The van der Waals surface area contributed by atoms with Gasteiger partial charge in [0.2, 0.25) is 5.90 Å². The van der Waals surface area contributed by atoms with Crippen LogP contribution in [0, 0.1) is 3.57 Å². The van der Waals surface area contributed by atoms with Crippen LogP contribution < -0.4 is 0 Å². The molecule has 1 aliphatic heterocycles. The molecule has 0 aliphatic carbocycles. The highest BCUT2D eigenvalue weighted by Crippen LogP contribution is 2.23. The van der Waals surface area contributed by atoms with Gasteiger partial charge in [-0.2, -0.15) is 0 Å². The van der Waals surface area contributed by atoms with Gasteiger partial charge in [-0.25, -0.2) is 9.79 Å². The molecule has 0 fully saturated rings. The van der Waals surface area contributed by atoms with Gasteiger partial charge >= 0.3 is 5.97 Å². The number of cyclic esters (lactones) is 1. The molecular formula is C16H9ClINO2. The zero-order chi connectivity index (χ0) is 14.8. The number of benzene rings is 2. The first-order chi connectivity index (χ1) is 10.1. The number of hydrogen-bond donors (Lipinski definition) is 0. The number of hydrogen-bond acceptors (Lipinski definition) is 3. The zero-order valence-corrected chi connectivity index (χ0v) is 13.6. The van der Waals surface area contributed by atoms with Crippen molar-refractivity contribution in [1.29, 1.82) is 0 Å². The Balaban J connectivity index is 1.96. The zero-order valence-electron chi connectivity index (χ0n) is 10.7. The molecule has 0 saturated heterocycles. The van der Waals surface area contributed by atoms with Crippen molar-refractivity contribution in [1.82, 2.24) is 0 Å². The van der Waals surface area contributed by atoms with Gasteiger partial charge in [0.1, 0.15) is 0 Å². The summed E-state index contributed by atoms with van der Waals surface area (Å²) in [6.07, 6.45) is 1.63. The molecule has 0 amide bonds. The van der Waals surface area contributed by atoms with Crippen molar-refractivity contribution in [3.63, 3.8) is 0 Å². The van der Waals surface area contributed by atoms with Gasteiger partial charge in [0.05, 0.1) is 0 Å². The fourth-order valence-corrected chi connectivity index (χ4v) is 2.41. The fourth-order valence-electron chi connectivity index (χ4n) is 1.86. The number of ether oxygens (including phenoxy) is 1. The van der Waals surface area contributed by atoms with Gasteiger partial charge in [0.25, 0.3) is 0 Å². The Morgan fingerprint density at radius 1 is 1.10 bits per heavy atom. The molecule has 3 rings (SSSR count). The van der Waals surface area contributed by atoms with Gasteiger partial charge in [-0.1, -0.05) is 29.8 Å². The molecule has 0 unspecified atom stereocenters. The SMILES string of the molecule is O=C1OC(c2ccc(I)cc2)=N/C1=C\c1ccccc1Cl. The summed E-state index contributed by atoms with van der Waals surface area (Å²) in [5.74, 6) is -0.154. The second kappa shape index (κ2) is 5.99. The quantitative estimate of drug-likeness (QED) is 0.422. The third-order valence-electron chi connectivity index (χ3n) is 2.91. The molecule has 1 aliphatic rings. The van der Waals surface area contributed by atoms with Crippen molar-refractivity contribution < 1.29 is 9.53 Å². The van der Waals surface area contributed by atoms with Crippen LogP contribution in [-0.4, -0.2) is 11.9 Å². The Bertz CT molecular complexity index is 766. The highest BCUT2D eigenvalue weighted by molar-refractivity contribution is 14.1. The molecule has 2 aromatic rings. The maximum absolute atomic E-state index is 11.9. The molecule has 21 heavy (non-hydrogen) atoms. The topological polar surface area (TPSA) is 38.7 Å². The highest BCUT2D eigenvalue weighted by Gasteiger charge is 2.24. The van der Waals surface area contributed by atoms with Gasteiger partial charge < -0.3 is 4.74 Å². The molecule has 0 saturated carbocycles. The summed E-state index contributed by atoms with van der Waals surface area (Å²) in [4.78, 5) is 16.1. The molecule has 104 valence electrons. The van der Waals surface area contributed by atoms with Crippen LogP contribution in [-0.2, 0) is 9.53 Å². The molecule has 0 aromatic heterocycles. The van der Waals surface area contributed by atoms with Crippen LogP contribution in [0.1, 0.15) is 11.1 Å². The molecule has 0 radical (unpaired) electrons. The summed E-state index contributed by atoms with van der Waals surface area (Å²) in [6, 6.07) is 14.9. The number of halogens is 2. The maximum Gasteiger partial charge on any atom is 0.363 e. The highest BCUT2D eigenvalue weighted by atomic mass is 127. The summed E-state index contributed by atoms with van der Waals surface area (Å²) in [5, 5.41) is 0.565. The van der Waals surface area contributed by atoms with E-state index >= 15 is 0 Å². The summed E-state index contributed by atoms with van der Waals surface area (Å²) < 4.78 is 6.31. The Labute approximate surface area is 140 Å². The van der Waals surface area contributed by atoms with E-state index in [0.717, 1.165) is 14.7 Å². The average molecular weight is 410 g/mol. The first-order valence-electron chi connectivity index (χ1n) is 6.16. The van der Waals surface area contributed by atoms with Crippen molar-refractivity contribution in [3.8, 4) is 0 Å². The lowest BCUT2D eigenvalue weighted by molar-refractivity contribution is -0.129. The predicted octanol–water partition coefficient (Wildman–Crippen LogP) is 4.29. The van der Waals surface area contributed by atoms with E-state index in [1.54, 1.807) is 12.1 Å². The lowest BCUT2D eigenvalue weighted by atomic mass is 10.2. The lowest BCUT2D eigenvalue weighted by Crippen LogP contribution is -2.05. The van der Waals surface area contributed by atoms with Crippen molar-refractivity contribution in [2.45, 2.75) is 0 Å². The Morgan fingerprint density at radius 2 is 1.81 bits per heavy atom. The van der Waals surface area contributed by atoms with Crippen LogP contribution in [0.15, 0.2) is 59.2 Å². The Hall–Kier alpha value is -1.66. The Kier molecular flexibility index (Phi) is 4.07. The van der Waals surface area contributed by atoms with Crippen molar-refractivity contribution in [2.24, 2.45) is 4.99 Å². The standard InChI is InChI=1S/C16H9ClINO2/c17-13-4-2-1-3-11(13)9-14-16(20)21-15(19-14)10-5-7-12(18)8-6-10/h1-9H/b14-9-. The van der Waals surface area contributed by atoms with Crippen LogP contribution in [0.2, 0.25) is 5.02 Å². The van der Waals surface area contributed by atoms with E-state index in [1.807, 2.05) is 42.5 Å². The first kappa shape index (κ1) is 14.3.